The van der Waals surface area contributed by atoms with Crippen molar-refractivity contribution in [1.82, 2.24) is 4.98 Å². The molecule has 13 heavy (non-hydrogen) atoms. The number of aromatic nitrogens is 1. The maximum Gasteiger partial charge on any atom is 0.102 e. The molecule has 0 amide bonds. The first-order valence-corrected chi connectivity index (χ1v) is 5.35. The van der Waals surface area contributed by atoms with E-state index in [9.17, 15) is 5.11 Å². The molecule has 1 aromatic heterocycles. The van der Waals surface area contributed by atoms with E-state index in [1.807, 2.05) is 6.92 Å². The largest absolute Gasteiger partial charge is 0.386 e. The quantitative estimate of drug-likeness (QED) is 0.772. The highest BCUT2D eigenvalue weighted by Gasteiger charge is 2.13. The van der Waals surface area contributed by atoms with Gasteiger partial charge in [-0.1, -0.05) is 6.92 Å². The lowest BCUT2D eigenvalue weighted by Crippen LogP contribution is -2.10. The van der Waals surface area contributed by atoms with Crippen LogP contribution in [0.3, 0.4) is 0 Å². The second-order valence-corrected chi connectivity index (χ2v) is 4.17. The van der Waals surface area contributed by atoms with Crippen molar-refractivity contribution in [3.05, 3.63) is 15.6 Å². The standard InChI is InChI=1S/C9H16N2OS/c1-3-4-8-11-6(2)9(13-8)7(12)5-10/h7,12H,3-5,10H2,1-2H3. The fraction of sp³-hybridized carbons (Fsp3) is 0.667. The summed E-state index contributed by atoms with van der Waals surface area (Å²) in [4.78, 5) is 5.29. The first-order valence-electron chi connectivity index (χ1n) is 4.53. The van der Waals surface area contributed by atoms with Gasteiger partial charge in [0.05, 0.1) is 15.6 Å². The number of hydrogen-bond donors (Lipinski definition) is 2. The predicted octanol–water partition coefficient (Wildman–Crippen LogP) is 1.40. The van der Waals surface area contributed by atoms with Crippen molar-refractivity contribution in [1.29, 1.82) is 0 Å². The Morgan fingerprint density at radius 3 is 2.85 bits per heavy atom. The third-order valence-electron chi connectivity index (χ3n) is 1.87. The molecule has 74 valence electrons. The van der Waals surface area contributed by atoms with Crippen molar-refractivity contribution in [3.63, 3.8) is 0 Å². The Hall–Kier alpha value is -0.450. The molecular formula is C9H16N2OS. The Kier molecular flexibility index (Phi) is 3.84. The van der Waals surface area contributed by atoms with Crippen LogP contribution in [0.2, 0.25) is 0 Å². The van der Waals surface area contributed by atoms with E-state index in [4.69, 9.17) is 5.73 Å². The minimum absolute atomic E-state index is 0.272. The van der Waals surface area contributed by atoms with Crippen LogP contribution in [0, 0.1) is 6.92 Å². The van der Waals surface area contributed by atoms with Crippen LogP contribution in [0.1, 0.15) is 35.0 Å². The fourth-order valence-corrected chi connectivity index (χ4v) is 2.37. The average molecular weight is 200 g/mol. The third kappa shape index (κ3) is 2.49. The van der Waals surface area contributed by atoms with Crippen LogP contribution in [0.15, 0.2) is 0 Å². The monoisotopic (exact) mass is 200 g/mol. The molecule has 0 aromatic carbocycles. The molecule has 0 bridgehead atoms. The molecule has 0 fully saturated rings. The van der Waals surface area contributed by atoms with Crippen molar-refractivity contribution in [2.75, 3.05) is 6.54 Å². The van der Waals surface area contributed by atoms with Gasteiger partial charge < -0.3 is 10.8 Å². The smallest absolute Gasteiger partial charge is 0.102 e. The van der Waals surface area contributed by atoms with E-state index in [0.29, 0.717) is 0 Å². The van der Waals surface area contributed by atoms with Crippen LogP contribution >= 0.6 is 11.3 Å². The molecule has 1 atom stereocenters. The van der Waals surface area contributed by atoms with Crippen LogP contribution in [0.4, 0.5) is 0 Å². The Bertz CT molecular complexity index is 273. The molecule has 0 aliphatic rings. The number of nitrogens with zero attached hydrogens (tertiary/aromatic N) is 1. The van der Waals surface area contributed by atoms with E-state index in [0.717, 1.165) is 28.4 Å². The number of thiazole rings is 1. The zero-order valence-corrected chi connectivity index (χ0v) is 8.90. The van der Waals surface area contributed by atoms with Crippen LogP contribution in [0.5, 0.6) is 0 Å². The normalized spacial score (nSPS) is 13.2. The van der Waals surface area contributed by atoms with Gasteiger partial charge in [0.2, 0.25) is 0 Å². The molecule has 1 unspecified atom stereocenters. The summed E-state index contributed by atoms with van der Waals surface area (Å²) in [5.41, 5.74) is 6.31. The molecular weight excluding hydrogens is 184 g/mol. The molecule has 3 N–H and O–H groups in total. The molecule has 0 aliphatic carbocycles. The highest BCUT2D eigenvalue weighted by molar-refractivity contribution is 7.11. The Balaban J connectivity index is 2.82. The number of hydrogen-bond acceptors (Lipinski definition) is 4. The molecule has 0 spiro atoms. The van der Waals surface area contributed by atoms with Crippen LogP contribution in [0.25, 0.3) is 0 Å². The summed E-state index contributed by atoms with van der Waals surface area (Å²) in [5.74, 6) is 0. The molecule has 3 nitrogen and oxygen atoms in total. The summed E-state index contributed by atoms with van der Waals surface area (Å²) < 4.78 is 0. The van der Waals surface area contributed by atoms with Gasteiger partial charge >= 0.3 is 0 Å². The van der Waals surface area contributed by atoms with Crippen LogP contribution in [-0.4, -0.2) is 16.6 Å². The summed E-state index contributed by atoms with van der Waals surface area (Å²) in [6.07, 6.45) is 1.54. The number of nitrogens with two attached hydrogens (primary N) is 1. The molecule has 0 saturated carbocycles. The summed E-state index contributed by atoms with van der Waals surface area (Å²) in [6, 6.07) is 0. The fourth-order valence-electron chi connectivity index (χ4n) is 1.20. The van der Waals surface area contributed by atoms with Crippen molar-refractivity contribution < 1.29 is 5.11 Å². The zero-order valence-electron chi connectivity index (χ0n) is 8.08. The molecule has 0 saturated heterocycles. The lowest BCUT2D eigenvalue weighted by atomic mass is 10.2. The van der Waals surface area contributed by atoms with Crippen molar-refractivity contribution in [2.45, 2.75) is 32.8 Å². The number of rotatable bonds is 4. The molecule has 0 radical (unpaired) electrons. The number of aliphatic hydroxyl groups excluding tert-OH is 1. The summed E-state index contributed by atoms with van der Waals surface area (Å²) >= 11 is 1.58. The zero-order chi connectivity index (χ0) is 9.84. The first kappa shape index (κ1) is 10.6. The highest BCUT2D eigenvalue weighted by Crippen LogP contribution is 2.25. The van der Waals surface area contributed by atoms with E-state index >= 15 is 0 Å². The van der Waals surface area contributed by atoms with Crippen molar-refractivity contribution >= 4 is 11.3 Å². The van der Waals surface area contributed by atoms with Gasteiger partial charge in [0.15, 0.2) is 0 Å². The number of aryl methyl sites for hydroxylation is 2. The summed E-state index contributed by atoms with van der Waals surface area (Å²) in [5, 5.41) is 10.6. The molecule has 1 aromatic rings. The lowest BCUT2D eigenvalue weighted by molar-refractivity contribution is 0.189. The lowest BCUT2D eigenvalue weighted by Gasteiger charge is -2.03. The SMILES string of the molecule is CCCc1nc(C)c(C(O)CN)s1. The van der Waals surface area contributed by atoms with E-state index in [1.54, 1.807) is 11.3 Å². The predicted molar refractivity (Wildman–Crippen MR) is 54.9 cm³/mol. The van der Waals surface area contributed by atoms with Crippen LogP contribution < -0.4 is 5.73 Å². The minimum Gasteiger partial charge on any atom is -0.386 e. The van der Waals surface area contributed by atoms with Gasteiger partial charge in [0, 0.05) is 6.54 Å². The summed E-state index contributed by atoms with van der Waals surface area (Å²) in [6.45, 7) is 4.31. The van der Waals surface area contributed by atoms with Gasteiger partial charge in [-0.15, -0.1) is 11.3 Å². The molecule has 0 aliphatic heterocycles. The first-order chi connectivity index (χ1) is 6.19. The molecule has 1 rings (SSSR count). The van der Waals surface area contributed by atoms with E-state index in [-0.39, 0.29) is 6.54 Å². The maximum absolute atomic E-state index is 9.54. The highest BCUT2D eigenvalue weighted by atomic mass is 32.1. The second-order valence-electron chi connectivity index (χ2n) is 3.06. The van der Waals surface area contributed by atoms with Gasteiger partial charge in [0.25, 0.3) is 0 Å². The Morgan fingerprint density at radius 2 is 2.31 bits per heavy atom. The van der Waals surface area contributed by atoms with Gasteiger partial charge in [-0.3, -0.25) is 0 Å². The number of aliphatic hydroxyl groups is 1. The Labute approximate surface area is 82.6 Å². The van der Waals surface area contributed by atoms with Crippen molar-refractivity contribution in [3.8, 4) is 0 Å². The molecule has 1 heterocycles. The van der Waals surface area contributed by atoms with Gasteiger partial charge in [-0.05, 0) is 19.8 Å². The summed E-state index contributed by atoms with van der Waals surface area (Å²) in [7, 11) is 0. The topological polar surface area (TPSA) is 59.1 Å². The maximum atomic E-state index is 9.54. The van der Waals surface area contributed by atoms with Crippen molar-refractivity contribution in [2.24, 2.45) is 5.73 Å². The van der Waals surface area contributed by atoms with Gasteiger partial charge in [-0.25, -0.2) is 4.98 Å². The van der Waals surface area contributed by atoms with E-state index in [2.05, 4.69) is 11.9 Å². The van der Waals surface area contributed by atoms with Crippen LogP contribution in [-0.2, 0) is 6.42 Å². The Morgan fingerprint density at radius 1 is 1.62 bits per heavy atom. The van der Waals surface area contributed by atoms with E-state index < -0.39 is 6.10 Å². The van der Waals surface area contributed by atoms with Gasteiger partial charge in [0.1, 0.15) is 6.10 Å². The average Bonchev–Trinajstić information content (AvgIpc) is 2.46. The minimum atomic E-state index is -0.539. The second kappa shape index (κ2) is 4.69. The third-order valence-corrected chi connectivity index (χ3v) is 3.18. The van der Waals surface area contributed by atoms with E-state index in [1.165, 1.54) is 0 Å². The molecule has 4 heteroatoms. The van der Waals surface area contributed by atoms with Gasteiger partial charge in [-0.2, -0.15) is 0 Å².